The van der Waals surface area contributed by atoms with Gasteiger partial charge in [0, 0.05) is 46.4 Å². The number of hydrogen-bond donors (Lipinski definition) is 2. The minimum atomic E-state index is -4.34. The molecule has 1 aliphatic carbocycles. The summed E-state index contributed by atoms with van der Waals surface area (Å²) in [6.45, 7) is 2.56. The van der Waals surface area contributed by atoms with Crippen LogP contribution in [0.1, 0.15) is 18.4 Å². The summed E-state index contributed by atoms with van der Waals surface area (Å²) >= 11 is 0. The third-order valence-corrected chi connectivity index (χ3v) is 4.35. The monoisotopic (exact) mass is 402 g/mol. The summed E-state index contributed by atoms with van der Waals surface area (Å²) in [6, 6.07) is 7.19. The molecule has 0 amide bonds. The first kappa shape index (κ1) is 22.3. The quantitative estimate of drug-likeness (QED) is 0.440. The highest BCUT2D eigenvalue weighted by Crippen LogP contribution is 2.26. The lowest BCUT2D eigenvalue weighted by Gasteiger charge is -2.22. The first-order valence-corrected chi connectivity index (χ1v) is 9.37. The standard InChI is InChI=1S/C19H29F3N4O2/c1-23-18(24-9-10-26(11-12-27-2)16-5-6-16)25-13-15-3-7-17(8-4-15)28-14-19(20,21)22/h3-4,7-8,16H,5-6,9-14H2,1-2H3,(H2,23,24,25). The van der Waals surface area contributed by atoms with E-state index in [-0.39, 0.29) is 5.75 Å². The molecule has 1 aromatic rings. The topological polar surface area (TPSA) is 58.1 Å². The Balaban J connectivity index is 1.69. The number of nitrogens with one attached hydrogen (secondary N) is 2. The van der Waals surface area contributed by atoms with Crippen LogP contribution in [0.5, 0.6) is 5.75 Å². The number of halogens is 3. The Kier molecular flexibility index (Phi) is 8.85. The van der Waals surface area contributed by atoms with Gasteiger partial charge in [-0.25, -0.2) is 0 Å². The lowest BCUT2D eigenvalue weighted by atomic mass is 10.2. The van der Waals surface area contributed by atoms with Crippen molar-refractivity contribution in [3.63, 3.8) is 0 Å². The summed E-state index contributed by atoms with van der Waals surface area (Å²) in [7, 11) is 3.41. The predicted octanol–water partition coefficient (Wildman–Crippen LogP) is 2.40. The molecule has 1 aromatic carbocycles. The molecule has 1 aliphatic rings. The number of ether oxygens (including phenoxy) is 2. The summed E-state index contributed by atoms with van der Waals surface area (Å²) < 4.78 is 46.4. The molecule has 28 heavy (non-hydrogen) atoms. The van der Waals surface area contributed by atoms with Gasteiger partial charge in [-0.2, -0.15) is 13.2 Å². The van der Waals surface area contributed by atoms with E-state index < -0.39 is 12.8 Å². The second-order valence-corrected chi connectivity index (χ2v) is 6.66. The van der Waals surface area contributed by atoms with E-state index in [2.05, 4.69) is 20.5 Å². The van der Waals surface area contributed by atoms with E-state index in [1.165, 1.54) is 25.0 Å². The second kappa shape index (κ2) is 11.1. The zero-order valence-corrected chi connectivity index (χ0v) is 16.4. The number of aliphatic imine (C=N–C) groups is 1. The molecule has 0 radical (unpaired) electrons. The van der Waals surface area contributed by atoms with E-state index in [9.17, 15) is 13.2 Å². The Bertz CT molecular complexity index is 604. The molecule has 9 heteroatoms. The summed E-state index contributed by atoms with van der Waals surface area (Å²) in [5.74, 6) is 0.875. The van der Waals surface area contributed by atoms with Crippen LogP contribution in [-0.2, 0) is 11.3 Å². The molecule has 0 saturated heterocycles. The van der Waals surface area contributed by atoms with Gasteiger partial charge in [0.15, 0.2) is 12.6 Å². The van der Waals surface area contributed by atoms with Gasteiger partial charge >= 0.3 is 6.18 Å². The first-order chi connectivity index (χ1) is 13.4. The summed E-state index contributed by atoms with van der Waals surface area (Å²) in [4.78, 5) is 6.62. The van der Waals surface area contributed by atoms with E-state index in [1.807, 2.05) is 0 Å². The molecule has 0 bridgehead atoms. The van der Waals surface area contributed by atoms with Gasteiger partial charge in [0.1, 0.15) is 5.75 Å². The Morgan fingerprint density at radius 3 is 2.46 bits per heavy atom. The Hall–Kier alpha value is -2.00. The molecule has 1 saturated carbocycles. The molecule has 0 aliphatic heterocycles. The molecule has 2 N–H and O–H groups in total. The summed E-state index contributed by atoms with van der Waals surface area (Å²) in [5, 5.41) is 6.48. The fraction of sp³-hybridized carbons (Fsp3) is 0.632. The highest BCUT2D eigenvalue weighted by molar-refractivity contribution is 5.79. The number of methoxy groups -OCH3 is 1. The maximum atomic E-state index is 12.2. The van der Waals surface area contributed by atoms with Crippen LogP contribution in [0.4, 0.5) is 13.2 Å². The summed E-state index contributed by atoms with van der Waals surface area (Å²) in [6.07, 6.45) is -1.84. The number of alkyl halides is 3. The van der Waals surface area contributed by atoms with Crippen molar-refractivity contribution in [2.75, 3.05) is 47.0 Å². The van der Waals surface area contributed by atoms with Gasteiger partial charge in [-0.05, 0) is 30.5 Å². The van der Waals surface area contributed by atoms with E-state index in [0.29, 0.717) is 18.5 Å². The number of nitrogens with zero attached hydrogens (tertiary/aromatic N) is 2. The largest absolute Gasteiger partial charge is 0.484 e. The maximum Gasteiger partial charge on any atom is 0.422 e. The fourth-order valence-corrected chi connectivity index (χ4v) is 2.72. The molecule has 0 atom stereocenters. The van der Waals surface area contributed by atoms with Crippen molar-refractivity contribution in [2.45, 2.75) is 31.6 Å². The fourth-order valence-electron chi connectivity index (χ4n) is 2.72. The van der Waals surface area contributed by atoms with Gasteiger partial charge in [-0.1, -0.05) is 12.1 Å². The zero-order chi connectivity index (χ0) is 20.4. The zero-order valence-electron chi connectivity index (χ0n) is 16.4. The van der Waals surface area contributed by atoms with Gasteiger partial charge in [-0.3, -0.25) is 9.89 Å². The smallest absolute Gasteiger partial charge is 0.422 e. The highest BCUT2D eigenvalue weighted by atomic mass is 19.4. The molecule has 0 heterocycles. The number of rotatable bonds is 11. The molecule has 2 rings (SSSR count). The van der Waals surface area contributed by atoms with Crippen molar-refractivity contribution in [1.29, 1.82) is 0 Å². The van der Waals surface area contributed by atoms with Gasteiger partial charge < -0.3 is 20.1 Å². The number of benzene rings is 1. The van der Waals surface area contributed by atoms with Crippen LogP contribution in [0.15, 0.2) is 29.3 Å². The van der Waals surface area contributed by atoms with Crippen molar-refractivity contribution < 1.29 is 22.6 Å². The summed E-state index contributed by atoms with van der Waals surface area (Å²) in [5.41, 5.74) is 0.919. The molecule has 0 spiro atoms. The molecule has 0 unspecified atom stereocenters. The lowest BCUT2D eigenvalue weighted by molar-refractivity contribution is -0.153. The van der Waals surface area contributed by atoms with Crippen molar-refractivity contribution in [2.24, 2.45) is 4.99 Å². The Morgan fingerprint density at radius 1 is 1.18 bits per heavy atom. The molecule has 6 nitrogen and oxygen atoms in total. The van der Waals surface area contributed by atoms with Crippen LogP contribution < -0.4 is 15.4 Å². The van der Waals surface area contributed by atoms with Crippen LogP contribution in [0.2, 0.25) is 0 Å². The van der Waals surface area contributed by atoms with Crippen molar-refractivity contribution in [3.8, 4) is 5.75 Å². The number of hydrogen-bond acceptors (Lipinski definition) is 4. The van der Waals surface area contributed by atoms with E-state index in [1.54, 1.807) is 26.3 Å². The third-order valence-electron chi connectivity index (χ3n) is 4.35. The van der Waals surface area contributed by atoms with Gasteiger partial charge in [0.25, 0.3) is 0 Å². The van der Waals surface area contributed by atoms with E-state index in [0.717, 1.165) is 31.8 Å². The predicted molar refractivity (Wildman–Crippen MR) is 103 cm³/mol. The van der Waals surface area contributed by atoms with E-state index >= 15 is 0 Å². The van der Waals surface area contributed by atoms with Crippen molar-refractivity contribution >= 4 is 5.96 Å². The van der Waals surface area contributed by atoms with Gasteiger partial charge in [0.2, 0.25) is 0 Å². The maximum absolute atomic E-state index is 12.2. The Morgan fingerprint density at radius 2 is 1.89 bits per heavy atom. The molecule has 1 fully saturated rings. The molecule has 0 aromatic heterocycles. The van der Waals surface area contributed by atoms with Gasteiger partial charge in [0.05, 0.1) is 6.61 Å². The molecular formula is C19H29F3N4O2. The van der Waals surface area contributed by atoms with Crippen LogP contribution in [0, 0.1) is 0 Å². The normalized spacial score (nSPS) is 15.0. The number of guanidine groups is 1. The Labute approximate surface area is 164 Å². The average Bonchev–Trinajstić information content (AvgIpc) is 3.50. The minimum Gasteiger partial charge on any atom is -0.484 e. The highest BCUT2D eigenvalue weighted by Gasteiger charge is 2.28. The lowest BCUT2D eigenvalue weighted by Crippen LogP contribution is -2.42. The SMILES string of the molecule is CN=C(NCCN(CCOC)C1CC1)NCc1ccc(OCC(F)(F)F)cc1. The first-order valence-electron chi connectivity index (χ1n) is 9.37. The van der Waals surface area contributed by atoms with E-state index in [4.69, 9.17) is 9.47 Å². The van der Waals surface area contributed by atoms with Crippen LogP contribution in [0.25, 0.3) is 0 Å². The molecular weight excluding hydrogens is 373 g/mol. The van der Waals surface area contributed by atoms with Gasteiger partial charge in [-0.15, -0.1) is 0 Å². The van der Waals surface area contributed by atoms with Crippen molar-refractivity contribution in [3.05, 3.63) is 29.8 Å². The second-order valence-electron chi connectivity index (χ2n) is 6.66. The van der Waals surface area contributed by atoms with Crippen molar-refractivity contribution in [1.82, 2.24) is 15.5 Å². The molecule has 158 valence electrons. The van der Waals surface area contributed by atoms with Crippen LogP contribution >= 0.6 is 0 Å². The van der Waals surface area contributed by atoms with Crippen LogP contribution in [0.3, 0.4) is 0 Å². The third kappa shape index (κ3) is 8.79. The van der Waals surface area contributed by atoms with Crippen LogP contribution in [-0.4, -0.2) is 70.1 Å². The minimum absolute atomic E-state index is 0.194. The average molecular weight is 402 g/mol.